The summed E-state index contributed by atoms with van der Waals surface area (Å²) in [4.78, 5) is 38.5. The second kappa shape index (κ2) is 7.37. The van der Waals surface area contributed by atoms with Crippen LogP contribution in [0.2, 0.25) is 0 Å². The Labute approximate surface area is 124 Å². The van der Waals surface area contributed by atoms with Gasteiger partial charge in [-0.2, -0.15) is 0 Å². The van der Waals surface area contributed by atoms with Crippen LogP contribution in [0, 0.1) is 0 Å². The van der Waals surface area contributed by atoms with Crippen molar-refractivity contribution in [1.29, 1.82) is 0 Å². The van der Waals surface area contributed by atoms with Crippen LogP contribution in [0.1, 0.15) is 13.8 Å². The molecule has 21 heavy (non-hydrogen) atoms. The normalized spacial score (nSPS) is 17.0. The van der Waals surface area contributed by atoms with Gasteiger partial charge in [0.25, 0.3) is 5.91 Å². The highest BCUT2D eigenvalue weighted by Gasteiger charge is 2.45. The molecule has 1 rings (SSSR count). The van der Waals surface area contributed by atoms with Gasteiger partial charge < -0.3 is 19.7 Å². The van der Waals surface area contributed by atoms with E-state index >= 15 is 0 Å². The lowest BCUT2D eigenvalue weighted by molar-refractivity contribution is -0.139. The predicted octanol–water partition coefficient (Wildman–Crippen LogP) is -0.562. The van der Waals surface area contributed by atoms with Gasteiger partial charge in [-0.05, 0) is 13.8 Å². The Kier molecular flexibility index (Phi) is 6.10. The van der Waals surface area contributed by atoms with Gasteiger partial charge in [-0.3, -0.25) is 14.5 Å². The largest absolute Gasteiger partial charge is 0.383 e. The molecule has 120 valence electrons. The van der Waals surface area contributed by atoms with E-state index in [9.17, 15) is 14.4 Å². The van der Waals surface area contributed by atoms with E-state index in [0.717, 1.165) is 4.90 Å². The summed E-state index contributed by atoms with van der Waals surface area (Å²) in [5.74, 6) is -0.718. The summed E-state index contributed by atoms with van der Waals surface area (Å²) in [5, 5.41) is 2.54. The molecule has 0 unspecified atom stereocenters. The Morgan fingerprint density at radius 3 is 2.10 bits per heavy atom. The first-order valence-electron chi connectivity index (χ1n) is 6.73. The Bertz CT molecular complexity index is 403. The average molecular weight is 301 g/mol. The fraction of sp³-hybridized carbons (Fsp3) is 0.769. The minimum Gasteiger partial charge on any atom is -0.383 e. The maximum atomic E-state index is 12.3. The molecule has 1 aliphatic rings. The smallest absolute Gasteiger partial charge is 0.325 e. The van der Waals surface area contributed by atoms with Crippen molar-refractivity contribution in [3.63, 3.8) is 0 Å². The fourth-order valence-corrected chi connectivity index (χ4v) is 1.96. The van der Waals surface area contributed by atoms with Gasteiger partial charge in [0, 0.05) is 27.3 Å². The Balaban J connectivity index is 2.67. The molecular formula is C13H23N3O5. The van der Waals surface area contributed by atoms with Gasteiger partial charge >= 0.3 is 6.03 Å². The summed E-state index contributed by atoms with van der Waals surface area (Å²) in [6.45, 7) is 4.44. The highest BCUT2D eigenvalue weighted by Crippen LogP contribution is 2.16. The molecule has 0 atom stereocenters. The Hall–Kier alpha value is -1.67. The van der Waals surface area contributed by atoms with Crippen molar-refractivity contribution in [2.24, 2.45) is 0 Å². The molecule has 0 radical (unpaired) electrons. The van der Waals surface area contributed by atoms with Gasteiger partial charge in [-0.15, -0.1) is 0 Å². The first kappa shape index (κ1) is 17.4. The monoisotopic (exact) mass is 301 g/mol. The Morgan fingerprint density at radius 1 is 1.19 bits per heavy atom. The number of nitrogens with zero attached hydrogens (tertiary/aromatic N) is 2. The Morgan fingerprint density at radius 2 is 1.71 bits per heavy atom. The zero-order valence-corrected chi connectivity index (χ0v) is 13.0. The van der Waals surface area contributed by atoms with E-state index in [0.29, 0.717) is 26.3 Å². The van der Waals surface area contributed by atoms with Gasteiger partial charge in [0.2, 0.25) is 5.91 Å². The van der Waals surface area contributed by atoms with Crippen molar-refractivity contribution in [2.75, 3.05) is 47.1 Å². The molecule has 0 saturated carbocycles. The number of nitrogens with one attached hydrogen (secondary N) is 1. The van der Waals surface area contributed by atoms with Gasteiger partial charge in [0.15, 0.2) is 0 Å². The highest BCUT2D eigenvalue weighted by atomic mass is 16.5. The summed E-state index contributed by atoms with van der Waals surface area (Å²) in [5.41, 5.74) is -0.971. The molecule has 0 bridgehead atoms. The van der Waals surface area contributed by atoms with E-state index in [4.69, 9.17) is 9.47 Å². The SMILES string of the molecule is COCCN(CCOC)C(=O)CN1C(=O)NC(C)(C)C1=O. The molecule has 1 fully saturated rings. The van der Waals surface area contributed by atoms with E-state index in [1.54, 1.807) is 28.1 Å². The van der Waals surface area contributed by atoms with E-state index < -0.39 is 17.5 Å². The van der Waals surface area contributed by atoms with Crippen LogP contribution in [0.4, 0.5) is 4.79 Å². The second-order valence-corrected chi connectivity index (χ2v) is 5.31. The standard InChI is InChI=1S/C13H23N3O5/c1-13(2)11(18)16(12(19)14-13)9-10(17)15(5-7-20-3)6-8-21-4/h5-9H2,1-4H3,(H,14,19). The van der Waals surface area contributed by atoms with Crippen LogP contribution in [-0.4, -0.2) is 80.3 Å². The van der Waals surface area contributed by atoms with Gasteiger partial charge in [0.1, 0.15) is 12.1 Å². The first-order valence-corrected chi connectivity index (χ1v) is 6.73. The molecule has 1 heterocycles. The maximum absolute atomic E-state index is 12.3. The average Bonchev–Trinajstić information content (AvgIpc) is 2.61. The molecule has 0 aromatic heterocycles. The third-order valence-corrected chi connectivity index (χ3v) is 3.22. The second-order valence-electron chi connectivity index (χ2n) is 5.31. The van der Waals surface area contributed by atoms with Crippen LogP contribution in [0.5, 0.6) is 0 Å². The number of imide groups is 1. The number of rotatable bonds is 8. The third kappa shape index (κ3) is 4.40. The van der Waals surface area contributed by atoms with Gasteiger partial charge in [-0.25, -0.2) is 4.79 Å². The van der Waals surface area contributed by atoms with E-state index in [-0.39, 0.29) is 12.5 Å². The van der Waals surface area contributed by atoms with Crippen LogP contribution in [0.15, 0.2) is 0 Å². The van der Waals surface area contributed by atoms with Crippen molar-refractivity contribution in [1.82, 2.24) is 15.1 Å². The van der Waals surface area contributed by atoms with E-state index in [2.05, 4.69) is 5.32 Å². The molecule has 0 aromatic carbocycles. The lowest BCUT2D eigenvalue weighted by atomic mass is 10.1. The van der Waals surface area contributed by atoms with Crippen LogP contribution >= 0.6 is 0 Å². The van der Waals surface area contributed by atoms with Crippen LogP contribution in [-0.2, 0) is 19.1 Å². The van der Waals surface area contributed by atoms with E-state index in [1.807, 2.05) is 0 Å². The predicted molar refractivity (Wildman–Crippen MR) is 74.7 cm³/mol. The lowest BCUT2D eigenvalue weighted by Gasteiger charge is -2.24. The minimum atomic E-state index is -0.971. The third-order valence-electron chi connectivity index (χ3n) is 3.22. The van der Waals surface area contributed by atoms with E-state index in [1.165, 1.54) is 4.90 Å². The molecule has 4 amide bonds. The van der Waals surface area contributed by atoms with Crippen molar-refractivity contribution in [3.8, 4) is 0 Å². The summed E-state index contributed by atoms with van der Waals surface area (Å²) in [6, 6.07) is -0.545. The highest BCUT2D eigenvalue weighted by molar-refractivity contribution is 6.08. The van der Waals surface area contributed by atoms with Crippen LogP contribution in [0.3, 0.4) is 0 Å². The van der Waals surface area contributed by atoms with Crippen LogP contribution < -0.4 is 5.32 Å². The number of carbonyl (C=O) groups is 3. The fourth-order valence-electron chi connectivity index (χ4n) is 1.96. The molecule has 0 aromatic rings. The molecule has 1 saturated heterocycles. The molecular weight excluding hydrogens is 278 g/mol. The molecule has 1 N–H and O–H groups in total. The van der Waals surface area contributed by atoms with Gasteiger partial charge in [0.05, 0.1) is 13.2 Å². The van der Waals surface area contributed by atoms with Crippen molar-refractivity contribution < 1.29 is 23.9 Å². The molecule has 0 aliphatic carbocycles. The van der Waals surface area contributed by atoms with Crippen molar-refractivity contribution in [3.05, 3.63) is 0 Å². The number of amides is 4. The quantitative estimate of drug-likeness (QED) is 0.607. The first-order chi connectivity index (χ1) is 9.83. The van der Waals surface area contributed by atoms with Gasteiger partial charge in [-0.1, -0.05) is 0 Å². The number of carbonyl (C=O) groups excluding carboxylic acids is 3. The number of urea groups is 1. The molecule has 1 aliphatic heterocycles. The molecule has 8 nitrogen and oxygen atoms in total. The number of hydrogen-bond acceptors (Lipinski definition) is 5. The number of hydrogen-bond donors (Lipinski definition) is 1. The zero-order valence-electron chi connectivity index (χ0n) is 13.0. The summed E-state index contributed by atoms with van der Waals surface area (Å²) < 4.78 is 9.91. The maximum Gasteiger partial charge on any atom is 0.325 e. The summed E-state index contributed by atoms with van der Waals surface area (Å²) >= 11 is 0. The van der Waals surface area contributed by atoms with Crippen molar-refractivity contribution >= 4 is 17.8 Å². The number of ether oxygens (including phenoxy) is 2. The summed E-state index contributed by atoms with van der Waals surface area (Å²) in [6.07, 6.45) is 0. The molecule has 8 heteroatoms. The number of methoxy groups -OCH3 is 2. The molecule has 0 spiro atoms. The zero-order chi connectivity index (χ0) is 16.0. The van der Waals surface area contributed by atoms with Crippen molar-refractivity contribution in [2.45, 2.75) is 19.4 Å². The summed E-state index contributed by atoms with van der Waals surface area (Å²) in [7, 11) is 3.08. The van der Waals surface area contributed by atoms with Crippen LogP contribution in [0.25, 0.3) is 0 Å². The topological polar surface area (TPSA) is 88.2 Å². The minimum absolute atomic E-state index is 0.276. The lowest BCUT2D eigenvalue weighted by Crippen LogP contribution is -2.46.